The molecule has 1 aromatic carbocycles. The van der Waals surface area contributed by atoms with Gasteiger partial charge in [-0.2, -0.15) is 4.31 Å². The smallest absolute Gasteiger partial charge is 0.251 e. The Kier molecular flexibility index (Phi) is 5.53. The molecule has 0 atom stereocenters. The average molecular weight is 375 g/mol. The highest BCUT2D eigenvalue weighted by molar-refractivity contribution is 7.89. The Morgan fingerprint density at radius 2 is 1.69 bits per heavy atom. The van der Waals surface area contributed by atoms with Crippen LogP contribution in [0.2, 0.25) is 0 Å². The Labute approximate surface area is 152 Å². The van der Waals surface area contributed by atoms with E-state index in [-0.39, 0.29) is 11.4 Å². The number of aromatic nitrogens is 1. The fourth-order valence-corrected chi connectivity index (χ4v) is 4.45. The monoisotopic (exact) mass is 375 g/mol. The first-order chi connectivity index (χ1) is 12.5. The van der Waals surface area contributed by atoms with E-state index in [1.54, 1.807) is 24.3 Å². The number of sulfonamides is 1. The highest BCUT2D eigenvalue weighted by Crippen LogP contribution is 2.19. The molecule has 7 nitrogen and oxygen atoms in total. The van der Waals surface area contributed by atoms with E-state index >= 15 is 0 Å². The summed E-state index contributed by atoms with van der Waals surface area (Å²) in [6.07, 6.45) is 3.93. The van der Waals surface area contributed by atoms with Gasteiger partial charge in [0.05, 0.1) is 4.90 Å². The number of hydrogen-bond acceptors (Lipinski definition) is 4. The van der Waals surface area contributed by atoms with Crippen LogP contribution in [0.1, 0.15) is 19.3 Å². The van der Waals surface area contributed by atoms with Crippen LogP contribution in [0.3, 0.4) is 0 Å². The zero-order valence-corrected chi connectivity index (χ0v) is 15.1. The lowest BCUT2D eigenvalue weighted by atomic mass is 10.2. The fraction of sp³-hybridized carbons (Fsp3) is 0.333. The molecule has 1 aliphatic rings. The normalized spacial score (nSPS) is 15.5. The molecule has 1 N–H and O–H groups in total. The third-order valence-electron chi connectivity index (χ3n) is 4.28. The molecule has 3 rings (SSSR count). The van der Waals surface area contributed by atoms with E-state index in [1.807, 2.05) is 6.07 Å². The van der Waals surface area contributed by atoms with Gasteiger partial charge in [-0.3, -0.25) is 9.59 Å². The number of hydrogen-bond donors (Lipinski definition) is 1. The van der Waals surface area contributed by atoms with Crippen LogP contribution in [0.5, 0.6) is 0 Å². The molecule has 0 aliphatic carbocycles. The molecule has 1 amide bonds. The molecule has 138 valence electrons. The Morgan fingerprint density at radius 3 is 2.38 bits per heavy atom. The van der Waals surface area contributed by atoms with Crippen molar-refractivity contribution in [2.75, 3.05) is 18.4 Å². The second-order valence-electron chi connectivity index (χ2n) is 6.21. The molecule has 1 aromatic heterocycles. The summed E-state index contributed by atoms with van der Waals surface area (Å²) >= 11 is 0. The number of nitrogens with one attached hydrogen (secondary N) is 1. The van der Waals surface area contributed by atoms with Gasteiger partial charge in [-0.15, -0.1) is 0 Å². The summed E-state index contributed by atoms with van der Waals surface area (Å²) in [6, 6.07) is 11.4. The van der Waals surface area contributed by atoms with Crippen LogP contribution in [0.4, 0.5) is 5.69 Å². The van der Waals surface area contributed by atoms with E-state index in [0.717, 1.165) is 23.8 Å². The summed E-state index contributed by atoms with van der Waals surface area (Å²) in [5.41, 5.74) is 0.188. The molecule has 8 heteroatoms. The van der Waals surface area contributed by atoms with E-state index < -0.39 is 21.5 Å². The first kappa shape index (κ1) is 18.3. The largest absolute Gasteiger partial charge is 0.325 e. The van der Waals surface area contributed by atoms with Gasteiger partial charge >= 0.3 is 0 Å². The number of pyridine rings is 1. The lowest BCUT2D eigenvalue weighted by molar-refractivity contribution is -0.116. The number of nitrogens with zero attached hydrogens (tertiary/aromatic N) is 2. The number of benzene rings is 1. The maximum atomic E-state index is 12.7. The Hall–Kier alpha value is -2.45. The van der Waals surface area contributed by atoms with Crippen molar-refractivity contribution in [3.8, 4) is 0 Å². The second-order valence-corrected chi connectivity index (χ2v) is 8.15. The number of para-hydroxylation sites is 1. The second kappa shape index (κ2) is 7.84. The average Bonchev–Trinajstić information content (AvgIpc) is 2.65. The molecule has 2 aromatic rings. The molecular weight excluding hydrogens is 354 g/mol. The molecular formula is C18H21N3O4S. The fourth-order valence-electron chi connectivity index (χ4n) is 2.92. The minimum Gasteiger partial charge on any atom is -0.325 e. The van der Waals surface area contributed by atoms with Gasteiger partial charge in [-0.1, -0.05) is 24.6 Å². The third kappa shape index (κ3) is 4.20. The molecule has 0 saturated carbocycles. The summed E-state index contributed by atoms with van der Waals surface area (Å²) in [5, 5.41) is 2.68. The van der Waals surface area contributed by atoms with Crippen molar-refractivity contribution >= 4 is 21.6 Å². The highest BCUT2D eigenvalue weighted by Gasteiger charge is 2.26. The van der Waals surface area contributed by atoms with Gasteiger partial charge in [0.2, 0.25) is 15.9 Å². The van der Waals surface area contributed by atoms with Crippen molar-refractivity contribution < 1.29 is 13.2 Å². The standard InChI is InChI=1S/C18H21N3O4S/c22-17(19-15-7-3-1-4-8-15)14-20-13-16(9-10-18(20)23)26(24,25)21-11-5-2-6-12-21/h1,3-4,7-10,13H,2,5-6,11-12,14H2,(H,19,22). The lowest BCUT2D eigenvalue weighted by Crippen LogP contribution is -2.36. The van der Waals surface area contributed by atoms with E-state index in [2.05, 4.69) is 5.32 Å². The van der Waals surface area contributed by atoms with Gasteiger partial charge in [0.25, 0.3) is 5.56 Å². The first-order valence-electron chi connectivity index (χ1n) is 8.52. The SMILES string of the molecule is O=C(Cn1cc(S(=O)(=O)N2CCCCC2)ccc1=O)Nc1ccccc1. The quantitative estimate of drug-likeness (QED) is 0.861. The van der Waals surface area contributed by atoms with Crippen molar-refractivity contribution in [3.05, 3.63) is 59.0 Å². The number of anilines is 1. The van der Waals surface area contributed by atoms with E-state index in [4.69, 9.17) is 0 Å². The Balaban J connectivity index is 1.79. The molecule has 0 unspecified atom stereocenters. The van der Waals surface area contributed by atoms with Crippen LogP contribution < -0.4 is 10.9 Å². The summed E-state index contributed by atoms with van der Waals surface area (Å²) in [7, 11) is -3.65. The summed E-state index contributed by atoms with van der Waals surface area (Å²) < 4.78 is 28.0. The van der Waals surface area contributed by atoms with Crippen molar-refractivity contribution in [1.29, 1.82) is 0 Å². The molecule has 1 aliphatic heterocycles. The Morgan fingerprint density at radius 1 is 1.00 bits per heavy atom. The lowest BCUT2D eigenvalue weighted by Gasteiger charge is -2.26. The molecule has 0 bridgehead atoms. The van der Waals surface area contributed by atoms with Crippen molar-refractivity contribution in [3.63, 3.8) is 0 Å². The topological polar surface area (TPSA) is 88.5 Å². The van der Waals surface area contributed by atoms with Crippen molar-refractivity contribution in [1.82, 2.24) is 8.87 Å². The highest BCUT2D eigenvalue weighted by atomic mass is 32.2. The van der Waals surface area contributed by atoms with Gasteiger partial charge < -0.3 is 9.88 Å². The van der Waals surface area contributed by atoms with Gasteiger partial charge in [-0.05, 0) is 31.0 Å². The van der Waals surface area contributed by atoms with Crippen LogP contribution in [-0.4, -0.2) is 36.3 Å². The first-order valence-corrected chi connectivity index (χ1v) is 9.96. The number of piperidine rings is 1. The Bertz CT molecular complexity index is 932. The number of rotatable bonds is 5. The van der Waals surface area contributed by atoms with Crippen molar-refractivity contribution in [2.24, 2.45) is 0 Å². The summed E-state index contributed by atoms with van der Waals surface area (Å²) in [6.45, 7) is 0.711. The minimum atomic E-state index is -3.65. The van der Waals surface area contributed by atoms with E-state index in [1.165, 1.54) is 22.6 Å². The van der Waals surface area contributed by atoms with Crippen LogP contribution in [0.15, 0.2) is 58.4 Å². The molecule has 0 spiro atoms. The van der Waals surface area contributed by atoms with Crippen LogP contribution in [0.25, 0.3) is 0 Å². The minimum absolute atomic E-state index is 0.0338. The molecule has 1 fully saturated rings. The van der Waals surface area contributed by atoms with Crippen LogP contribution >= 0.6 is 0 Å². The number of carbonyl (C=O) groups is 1. The zero-order chi connectivity index (χ0) is 18.6. The van der Waals surface area contributed by atoms with Crippen molar-refractivity contribution in [2.45, 2.75) is 30.7 Å². The molecule has 26 heavy (non-hydrogen) atoms. The van der Waals surface area contributed by atoms with Gasteiger partial charge in [-0.25, -0.2) is 8.42 Å². The third-order valence-corrected chi connectivity index (χ3v) is 6.16. The molecule has 1 saturated heterocycles. The van der Waals surface area contributed by atoms with Gasteiger partial charge in [0, 0.05) is 31.0 Å². The number of carbonyl (C=O) groups excluding carboxylic acids is 1. The summed E-state index contributed by atoms with van der Waals surface area (Å²) in [5.74, 6) is -0.397. The maximum Gasteiger partial charge on any atom is 0.251 e. The van der Waals surface area contributed by atoms with E-state index in [9.17, 15) is 18.0 Å². The maximum absolute atomic E-state index is 12.7. The summed E-state index contributed by atoms with van der Waals surface area (Å²) in [4.78, 5) is 24.2. The van der Waals surface area contributed by atoms with E-state index in [0.29, 0.717) is 18.8 Å². The predicted molar refractivity (Wildman–Crippen MR) is 98.4 cm³/mol. The molecule has 0 radical (unpaired) electrons. The van der Waals surface area contributed by atoms with Gasteiger partial charge in [0.1, 0.15) is 6.54 Å². The number of amides is 1. The predicted octanol–water partition coefficient (Wildman–Crippen LogP) is 1.66. The molecule has 2 heterocycles. The zero-order valence-electron chi connectivity index (χ0n) is 14.3. The van der Waals surface area contributed by atoms with Crippen LogP contribution in [0, 0.1) is 0 Å². The van der Waals surface area contributed by atoms with Crippen LogP contribution in [-0.2, 0) is 21.4 Å². The van der Waals surface area contributed by atoms with Gasteiger partial charge in [0.15, 0.2) is 0 Å².